The van der Waals surface area contributed by atoms with Crippen molar-refractivity contribution in [1.29, 1.82) is 0 Å². The van der Waals surface area contributed by atoms with Crippen molar-refractivity contribution >= 4 is 11.9 Å². The van der Waals surface area contributed by atoms with E-state index in [0.29, 0.717) is 12.8 Å². The molecule has 1 heterocycles. The smallest absolute Gasteiger partial charge is 0.306 e. The molecule has 0 aromatic heterocycles. The zero-order chi connectivity index (χ0) is 30.3. The van der Waals surface area contributed by atoms with Gasteiger partial charge in [-0.05, 0) is 44.9 Å². The SMILES string of the molecule is CCCCC/C=C\C/C=C\CCCCCCCC(=O)OC(COC(=O)CCC)COC1OC(CO)C(O)C(O)C1O. The number of carbonyl (C=O) groups excluding carboxylic acids is 2. The molecule has 4 N–H and O–H groups in total. The van der Waals surface area contributed by atoms with Crippen LogP contribution in [0.3, 0.4) is 0 Å². The minimum absolute atomic E-state index is 0.212. The first-order valence-corrected chi connectivity index (χ1v) is 15.4. The maximum absolute atomic E-state index is 12.4. The van der Waals surface area contributed by atoms with Gasteiger partial charge in [-0.1, -0.05) is 70.3 Å². The number of carbonyl (C=O) groups is 2. The largest absolute Gasteiger partial charge is 0.462 e. The van der Waals surface area contributed by atoms with E-state index in [1.807, 2.05) is 6.92 Å². The van der Waals surface area contributed by atoms with E-state index in [1.165, 1.54) is 19.3 Å². The number of aliphatic hydroxyl groups is 4. The molecule has 6 atom stereocenters. The highest BCUT2D eigenvalue weighted by atomic mass is 16.7. The Bertz CT molecular complexity index is 738. The highest BCUT2D eigenvalue weighted by Gasteiger charge is 2.44. The van der Waals surface area contributed by atoms with E-state index in [4.69, 9.17) is 18.9 Å². The van der Waals surface area contributed by atoms with Gasteiger partial charge in [0.2, 0.25) is 0 Å². The summed E-state index contributed by atoms with van der Waals surface area (Å²) in [5.41, 5.74) is 0. The van der Waals surface area contributed by atoms with Gasteiger partial charge in [-0.25, -0.2) is 0 Å². The van der Waals surface area contributed by atoms with Crippen LogP contribution in [0.25, 0.3) is 0 Å². The maximum Gasteiger partial charge on any atom is 0.306 e. The molecular weight excluding hydrogens is 532 g/mol. The van der Waals surface area contributed by atoms with E-state index in [9.17, 15) is 30.0 Å². The van der Waals surface area contributed by atoms with E-state index in [1.54, 1.807) is 0 Å². The first-order chi connectivity index (χ1) is 19.8. The van der Waals surface area contributed by atoms with Crippen LogP contribution in [-0.2, 0) is 28.5 Å². The summed E-state index contributed by atoms with van der Waals surface area (Å²) in [6.45, 7) is 2.95. The van der Waals surface area contributed by atoms with Crippen molar-refractivity contribution in [3.63, 3.8) is 0 Å². The van der Waals surface area contributed by atoms with E-state index < -0.39 is 55.4 Å². The summed E-state index contributed by atoms with van der Waals surface area (Å²) in [5, 5.41) is 39.4. The first-order valence-electron chi connectivity index (χ1n) is 15.4. The molecule has 6 unspecified atom stereocenters. The topological polar surface area (TPSA) is 152 Å². The zero-order valence-corrected chi connectivity index (χ0v) is 25.0. The van der Waals surface area contributed by atoms with Crippen molar-refractivity contribution in [2.24, 2.45) is 0 Å². The lowest BCUT2D eigenvalue weighted by Crippen LogP contribution is -2.59. The molecule has 10 nitrogen and oxygen atoms in total. The van der Waals surface area contributed by atoms with Crippen LogP contribution in [0.1, 0.15) is 104 Å². The minimum Gasteiger partial charge on any atom is -0.462 e. The average molecular weight is 587 g/mol. The molecule has 0 saturated carbocycles. The lowest BCUT2D eigenvalue weighted by atomic mass is 9.99. The van der Waals surface area contributed by atoms with Crippen LogP contribution in [0.5, 0.6) is 0 Å². The van der Waals surface area contributed by atoms with Crippen molar-refractivity contribution in [3.05, 3.63) is 24.3 Å². The third-order valence-electron chi connectivity index (χ3n) is 6.81. The van der Waals surface area contributed by atoms with Gasteiger partial charge < -0.3 is 39.4 Å². The minimum atomic E-state index is -1.59. The van der Waals surface area contributed by atoms with Gasteiger partial charge in [0.1, 0.15) is 31.0 Å². The lowest BCUT2D eigenvalue weighted by Gasteiger charge is -2.39. The second-order valence-electron chi connectivity index (χ2n) is 10.6. The van der Waals surface area contributed by atoms with Crippen LogP contribution in [0, 0.1) is 0 Å². The summed E-state index contributed by atoms with van der Waals surface area (Å²) in [7, 11) is 0. The lowest BCUT2D eigenvalue weighted by molar-refractivity contribution is -0.305. The molecule has 1 saturated heterocycles. The van der Waals surface area contributed by atoms with E-state index in [0.717, 1.165) is 44.9 Å². The Hall–Kier alpha value is -1.82. The molecule has 1 rings (SSSR count). The van der Waals surface area contributed by atoms with Crippen molar-refractivity contribution in [1.82, 2.24) is 0 Å². The third-order valence-corrected chi connectivity index (χ3v) is 6.81. The normalized spacial score (nSPS) is 23.7. The van der Waals surface area contributed by atoms with Crippen molar-refractivity contribution in [2.45, 2.75) is 141 Å². The van der Waals surface area contributed by atoms with Crippen LogP contribution in [0.4, 0.5) is 0 Å². The number of rotatable bonds is 23. The monoisotopic (exact) mass is 586 g/mol. The van der Waals surface area contributed by atoms with E-state index >= 15 is 0 Å². The second-order valence-corrected chi connectivity index (χ2v) is 10.6. The number of hydrogen-bond donors (Lipinski definition) is 4. The summed E-state index contributed by atoms with van der Waals surface area (Å²) in [5.74, 6) is -0.889. The molecule has 10 heteroatoms. The second kappa shape index (κ2) is 23.7. The van der Waals surface area contributed by atoms with Crippen LogP contribution < -0.4 is 0 Å². The molecule has 0 radical (unpaired) electrons. The van der Waals surface area contributed by atoms with Gasteiger partial charge >= 0.3 is 11.9 Å². The molecule has 238 valence electrons. The number of hydrogen-bond acceptors (Lipinski definition) is 10. The molecule has 1 fully saturated rings. The van der Waals surface area contributed by atoms with Gasteiger partial charge in [-0.2, -0.15) is 0 Å². The van der Waals surface area contributed by atoms with Crippen LogP contribution in [0.2, 0.25) is 0 Å². The predicted octanol–water partition coefficient (Wildman–Crippen LogP) is 3.87. The van der Waals surface area contributed by atoms with Crippen LogP contribution >= 0.6 is 0 Å². The van der Waals surface area contributed by atoms with E-state index in [-0.39, 0.29) is 26.1 Å². The predicted molar refractivity (Wildman–Crippen MR) is 155 cm³/mol. The van der Waals surface area contributed by atoms with E-state index in [2.05, 4.69) is 31.2 Å². The molecule has 1 aliphatic rings. The summed E-state index contributed by atoms with van der Waals surface area (Å²) in [6.07, 6.45) is 13.7. The molecule has 41 heavy (non-hydrogen) atoms. The fourth-order valence-electron chi connectivity index (χ4n) is 4.31. The van der Waals surface area contributed by atoms with Crippen molar-refractivity contribution in [2.75, 3.05) is 19.8 Å². The quantitative estimate of drug-likeness (QED) is 0.0789. The van der Waals surface area contributed by atoms with Crippen molar-refractivity contribution < 1.29 is 49.0 Å². The molecule has 0 aromatic rings. The van der Waals surface area contributed by atoms with Gasteiger partial charge in [0, 0.05) is 12.8 Å². The molecule has 0 amide bonds. The Labute approximate surface area is 245 Å². The average Bonchev–Trinajstić information content (AvgIpc) is 2.96. The molecule has 0 aliphatic carbocycles. The number of allylic oxidation sites excluding steroid dienone is 4. The highest BCUT2D eigenvalue weighted by molar-refractivity contribution is 5.70. The van der Waals surface area contributed by atoms with Gasteiger partial charge in [-0.15, -0.1) is 0 Å². The summed E-state index contributed by atoms with van der Waals surface area (Å²) < 4.78 is 21.5. The number of esters is 2. The fourth-order valence-corrected chi connectivity index (χ4v) is 4.31. The maximum atomic E-state index is 12.4. The zero-order valence-electron chi connectivity index (χ0n) is 25.0. The third kappa shape index (κ3) is 17.0. The Morgan fingerprint density at radius 2 is 1.41 bits per heavy atom. The van der Waals surface area contributed by atoms with Gasteiger partial charge in [0.05, 0.1) is 13.2 Å². The summed E-state index contributed by atoms with van der Waals surface area (Å²) >= 11 is 0. The fraction of sp³-hybridized carbons (Fsp3) is 0.806. The molecule has 1 aliphatic heterocycles. The Balaban J connectivity index is 2.33. The van der Waals surface area contributed by atoms with Gasteiger partial charge in [0.15, 0.2) is 12.4 Å². The number of aliphatic hydroxyl groups excluding tert-OH is 4. The molecule has 0 spiro atoms. The first kappa shape index (κ1) is 37.2. The van der Waals surface area contributed by atoms with Crippen molar-refractivity contribution in [3.8, 4) is 0 Å². The Kier molecular flexibility index (Phi) is 21.5. The van der Waals surface area contributed by atoms with Crippen LogP contribution in [-0.4, -0.2) is 89.0 Å². The highest BCUT2D eigenvalue weighted by Crippen LogP contribution is 2.22. The molecular formula is C31H54O10. The standard InChI is InChI=1S/C31H54O10/c1-3-5-6-7-8-9-10-11-12-13-14-15-16-17-18-20-27(34)40-24(22-38-26(33)19-4-2)23-39-31-30(37)29(36)28(35)25(21-32)41-31/h8-9,11-12,24-25,28-32,35-37H,3-7,10,13-23H2,1-2H3/b9-8-,12-11-. The van der Waals surface area contributed by atoms with Crippen LogP contribution in [0.15, 0.2) is 24.3 Å². The Morgan fingerprint density at radius 3 is 2.07 bits per heavy atom. The van der Waals surface area contributed by atoms with Gasteiger partial charge in [-0.3, -0.25) is 9.59 Å². The summed E-state index contributed by atoms with van der Waals surface area (Å²) in [6, 6.07) is 0. The molecule has 0 aromatic carbocycles. The summed E-state index contributed by atoms with van der Waals surface area (Å²) in [4.78, 5) is 24.3. The Morgan fingerprint density at radius 1 is 0.756 bits per heavy atom. The number of unbranched alkanes of at least 4 members (excludes halogenated alkanes) is 8. The van der Waals surface area contributed by atoms with Gasteiger partial charge in [0.25, 0.3) is 0 Å². The number of ether oxygens (including phenoxy) is 4. The molecule has 0 bridgehead atoms.